The maximum atomic E-state index is 12.3. The molecule has 0 saturated heterocycles. The molecule has 0 bridgehead atoms. The van der Waals surface area contributed by atoms with Gasteiger partial charge >= 0.3 is 63.3 Å². The van der Waals surface area contributed by atoms with Crippen LogP contribution in [0.2, 0.25) is 0 Å². The smallest absolute Gasteiger partial charge is 0.748 e. The van der Waals surface area contributed by atoms with E-state index < -0.39 is 34.4 Å². The van der Waals surface area contributed by atoms with Gasteiger partial charge in [0.05, 0.1) is 33.6 Å². The van der Waals surface area contributed by atoms with Gasteiger partial charge in [-0.25, -0.2) is 18.0 Å². The molecule has 1 aromatic carbocycles. The first-order chi connectivity index (χ1) is 15.3. The Hall–Kier alpha value is -0.294. The minimum atomic E-state index is -4.48. The zero-order chi connectivity index (χ0) is 23.7. The summed E-state index contributed by atoms with van der Waals surface area (Å²) in [5, 5.41) is 0. The molecule has 0 spiro atoms. The number of carbonyl (C=O) groups is 2. The Balaban J connectivity index is 0.0000102. The number of ether oxygens (including phenoxy) is 2. The van der Waals surface area contributed by atoms with Crippen LogP contribution in [0, 0.1) is 0 Å². The van der Waals surface area contributed by atoms with Gasteiger partial charge in [0.15, 0.2) is 0 Å². The fourth-order valence-electron chi connectivity index (χ4n) is 3.34. The Morgan fingerprint density at radius 1 is 0.727 bits per heavy atom. The Kier molecular flexibility index (Phi) is 19.8. The normalized spacial score (nSPS) is 11.0. The Morgan fingerprint density at radius 2 is 1.12 bits per heavy atom. The van der Waals surface area contributed by atoms with Crippen LogP contribution in [0.1, 0.15) is 105 Å². The van der Waals surface area contributed by atoms with Crippen molar-refractivity contribution in [3.05, 3.63) is 35.4 Å². The molecule has 0 amide bonds. The quantitative estimate of drug-likeness (QED) is 0.129. The summed E-state index contributed by atoms with van der Waals surface area (Å²) in [6, 6.07) is 6.00. The predicted octanol–water partition coefficient (Wildman–Crippen LogP) is 2.25. The second-order valence-electron chi connectivity index (χ2n) is 7.97. The zero-order valence-corrected chi connectivity index (χ0v) is 24.1. The van der Waals surface area contributed by atoms with E-state index >= 15 is 0 Å². The van der Waals surface area contributed by atoms with E-state index in [1.165, 1.54) is 69.9 Å². The predicted molar refractivity (Wildman–Crippen MR) is 123 cm³/mol. The third-order valence-electron chi connectivity index (χ3n) is 5.16. The van der Waals surface area contributed by atoms with Crippen molar-refractivity contribution in [2.45, 2.75) is 84.0 Å². The first-order valence-corrected chi connectivity index (χ1v) is 13.3. The van der Waals surface area contributed by atoms with E-state index in [1.807, 2.05) is 0 Å². The number of unbranched alkanes of at least 4 members (excludes halogenated alkanes) is 11. The molecule has 0 aliphatic rings. The minimum Gasteiger partial charge on any atom is -0.748 e. The zero-order valence-electron chi connectivity index (χ0n) is 20.2. The average molecular weight is 509 g/mol. The van der Waals surface area contributed by atoms with E-state index in [0.717, 1.165) is 19.3 Å². The molecule has 9 heteroatoms. The van der Waals surface area contributed by atoms with Crippen molar-refractivity contribution in [2.75, 3.05) is 19.0 Å². The van der Waals surface area contributed by atoms with Crippen molar-refractivity contribution >= 4 is 22.1 Å². The summed E-state index contributed by atoms with van der Waals surface area (Å²) >= 11 is 0. The summed E-state index contributed by atoms with van der Waals surface area (Å²) < 4.78 is 41.9. The van der Waals surface area contributed by atoms with Crippen molar-refractivity contribution in [3.63, 3.8) is 0 Å². The third kappa shape index (κ3) is 16.9. The van der Waals surface area contributed by atoms with Crippen LogP contribution in [0.5, 0.6) is 0 Å². The Morgan fingerprint density at radius 3 is 1.55 bits per heavy atom. The molecule has 0 fully saturated rings. The monoisotopic (exact) mass is 508 g/mol. The minimum absolute atomic E-state index is 0. The molecule has 0 aliphatic carbocycles. The molecular weight excluding hydrogens is 471 g/mol. The molecule has 7 nitrogen and oxygen atoms in total. The van der Waals surface area contributed by atoms with E-state index in [2.05, 4.69) is 6.92 Å². The van der Waals surface area contributed by atoms with E-state index in [-0.39, 0.29) is 69.1 Å². The molecule has 0 aliphatic heterocycles. The molecule has 182 valence electrons. The summed E-state index contributed by atoms with van der Waals surface area (Å²) in [5.74, 6) is -2.31. The van der Waals surface area contributed by atoms with Gasteiger partial charge in [0, 0.05) is 0 Å². The number of benzene rings is 1. The standard InChI is InChI=1S/C24H38O7S.K/c1-2-3-4-5-6-7-8-9-10-11-12-15-18-30-23(25)21-16-13-14-17-22(21)24(26)31-19-20-32(27,28)29;/h13-14,16-17H,2-12,15,18-20H2,1H3,(H,27,28,29);/q;+1/p-1. The second kappa shape index (κ2) is 20.0. The summed E-state index contributed by atoms with van der Waals surface area (Å²) in [6.45, 7) is 1.94. The van der Waals surface area contributed by atoms with Gasteiger partial charge in [-0.05, 0) is 18.6 Å². The summed E-state index contributed by atoms with van der Waals surface area (Å²) in [7, 11) is -4.48. The van der Waals surface area contributed by atoms with Gasteiger partial charge in [0.25, 0.3) is 0 Å². The number of rotatable bonds is 18. The number of hydrogen-bond donors (Lipinski definition) is 0. The average Bonchev–Trinajstić information content (AvgIpc) is 2.75. The molecule has 0 atom stereocenters. The van der Waals surface area contributed by atoms with E-state index in [0.29, 0.717) is 0 Å². The van der Waals surface area contributed by atoms with E-state index in [1.54, 1.807) is 12.1 Å². The molecule has 33 heavy (non-hydrogen) atoms. The van der Waals surface area contributed by atoms with Crippen LogP contribution < -0.4 is 51.4 Å². The van der Waals surface area contributed by atoms with Crippen molar-refractivity contribution in [1.82, 2.24) is 0 Å². The summed E-state index contributed by atoms with van der Waals surface area (Å²) in [4.78, 5) is 24.4. The molecule has 1 aromatic rings. The van der Waals surface area contributed by atoms with Gasteiger partial charge in [-0.15, -0.1) is 0 Å². The topological polar surface area (TPSA) is 110 Å². The van der Waals surface area contributed by atoms with Gasteiger partial charge in [0.1, 0.15) is 6.61 Å². The van der Waals surface area contributed by atoms with Crippen molar-refractivity contribution in [3.8, 4) is 0 Å². The molecule has 0 N–H and O–H groups in total. The first-order valence-electron chi connectivity index (χ1n) is 11.7. The SMILES string of the molecule is CCCCCCCCCCCCCCOC(=O)c1ccccc1C(=O)OCCS(=O)(=O)[O-].[K+]. The van der Waals surface area contributed by atoms with Crippen LogP contribution in [-0.4, -0.2) is 43.9 Å². The van der Waals surface area contributed by atoms with Gasteiger partial charge in [-0.3, -0.25) is 0 Å². The number of esters is 2. The molecule has 1 rings (SSSR count). The molecule has 0 unspecified atom stereocenters. The largest absolute Gasteiger partial charge is 1.00 e. The molecule has 0 heterocycles. The van der Waals surface area contributed by atoms with Crippen LogP contribution in [0.3, 0.4) is 0 Å². The summed E-state index contributed by atoms with van der Waals surface area (Å²) in [5.41, 5.74) is 0.0388. The van der Waals surface area contributed by atoms with Gasteiger partial charge < -0.3 is 14.0 Å². The van der Waals surface area contributed by atoms with Crippen LogP contribution in [-0.2, 0) is 19.6 Å². The van der Waals surface area contributed by atoms with Crippen LogP contribution in [0.15, 0.2) is 24.3 Å². The van der Waals surface area contributed by atoms with Crippen molar-refractivity contribution in [1.29, 1.82) is 0 Å². The third-order valence-corrected chi connectivity index (χ3v) is 5.83. The van der Waals surface area contributed by atoms with Crippen LogP contribution in [0.4, 0.5) is 0 Å². The van der Waals surface area contributed by atoms with Gasteiger partial charge in [-0.2, -0.15) is 0 Å². The number of hydrogen-bond acceptors (Lipinski definition) is 7. The van der Waals surface area contributed by atoms with E-state index in [9.17, 15) is 22.6 Å². The van der Waals surface area contributed by atoms with Gasteiger partial charge in [-0.1, -0.05) is 89.7 Å². The van der Waals surface area contributed by atoms with Crippen molar-refractivity contribution < 1.29 is 83.4 Å². The summed E-state index contributed by atoms with van der Waals surface area (Å²) in [6.07, 6.45) is 14.6. The molecule has 0 radical (unpaired) electrons. The van der Waals surface area contributed by atoms with E-state index in [4.69, 9.17) is 9.47 Å². The Labute approximate surface area is 241 Å². The number of carbonyl (C=O) groups excluding carboxylic acids is 2. The maximum Gasteiger partial charge on any atom is 1.00 e. The molecule has 0 saturated carbocycles. The maximum absolute atomic E-state index is 12.3. The van der Waals surface area contributed by atoms with Gasteiger partial charge in [0.2, 0.25) is 0 Å². The van der Waals surface area contributed by atoms with Crippen LogP contribution in [0.25, 0.3) is 0 Å². The second-order valence-corrected chi connectivity index (χ2v) is 9.49. The van der Waals surface area contributed by atoms with Crippen molar-refractivity contribution in [2.24, 2.45) is 0 Å². The molecular formula is C24H37KO7S. The molecule has 0 aromatic heterocycles. The van der Waals surface area contributed by atoms with Crippen LogP contribution >= 0.6 is 0 Å². The Bertz CT molecular complexity index is 781. The fraction of sp³-hybridized carbons (Fsp3) is 0.667. The fourth-order valence-corrected chi connectivity index (χ4v) is 3.63. The first kappa shape index (κ1) is 32.7.